The summed E-state index contributed by atoms with van der Waals surface area (Å²) in [5, 5.41) is 0.376. The van der Waals surface area contributed by atoms with Crippen LogP contribution in [0.2, 0.25) is 5.02 Å². The van der Waals surface area contributed by atoms with Crippen molar-refractivity contribution in [2.24, 2.45) is 0 Å². The minimum Gasteiger partial charge on any atom is -0.462 e. The fraction of sp³-hybridized carbons (Fsp3) is 0.0769. The van der Waals surface area contributed by atoms with E-state index in [1.54, 1.807) is 67.6 Å². The van der Waals surface area contributed by atoms with Gasteiger partial charge in [0.05, 0.1) is 22.4 Å². The summed E-state index contributed by atoms with van der Waals surface area (Å²) < 4.78 is 40.4. The van der Waals surface area contributed by atoms with E-state index >= 15 is 0 Å². The molecule has 0 saturated carbocycles. The van der Waals surface area contributed by atoms with Gasteiger partial charge in [0.25, 0.3) is 0 Å². The van der Waals surface area contributed by atoms with Crippen molar-refractivity contribution in [1.29, 1.82) is 0 Å². The third-order valence-electron chi connectivity index (χ3n) is 5.56. The molecule has 0 aliphatic rings. The zero-order chi connectivity index (χ0) is 24.7. The first-order chi connectivity index (χ1) is 16.8. The van der Waals surface area contributed by atoms with Gasteiger partial charge in [-0.25, -0.2) is 18.0 Å². The Balaban J connectivity index is 2.07. The molecule has 0 spiro atoms. The average molecular weight is 508 g/mol. The summed E-state index contributed by atoms with van der Waals surface area (Å²) in [7, 11) is -4.23. The second kappa shape index (κ2) is 8.72. The second-order valence-electron chi connectivity index (χ2n) is 7.65. The van der Waals surface area contributed by atoms with E-state index in [9.17, 15) is 18.0 Å². The van der Waals surface area contributed by atoms with E-state index in [0.717, 1.165) is 0 Å². The molecular weight excluding hydrogens is 490 g/mol. The second-order valence-corrected chi connectivity index (χ2v) is 9.95. The molecular formula is C26H18ClNO6S. The van der Waals surface area contributed by atoms with Crippen LogP contribution in [0.3, 0.4) is 0 Å². The summed E-state index contributed by atoms with van der Waals surface area (Å²) in [5.74, 6) is -0.817. The van der Waals surface area contributed by atoms with E-state index in [1.807, 2.05) is 0 Å². The van der Waals surface area contributed by atoms with Gasteiger partial charge in [0.2, 0.25) is 15.6 Å². The van der Waals surface area contributed by atoms with Gasteiger partial charge in [0.15, 0.2) is 5.03 Å². The lowest BCUT2D eigenvalue weighted by Crippen LogP contribution is -2.10. The van der Waals surface area contributed by atoms with E-state index in [4.69, 9.17) is 20.8 Å². The van der Waals surface area contributed by atoms with Gasteiger partial charge in [-0.2, -0.15) is 0 Å². The molecule has 0 amide bonds. The van der Waals surface area contributed by atoms with E-state index in [-0.39, 0.29) is 44.3 Å². The highest BCUT2D eigenvalue weighted by molar-refractivity contribution is 7.91. The highest BCUT2D eigenvalue weighted by Crippen LogP contribution is 2.40. The van der Waals surface area contributed by atoms with E-state index in [2.05, 4.69) is 0 Å². The van der Waals surface area contributed by atoms with Crippen molar-refractivity contribution in [3.63, 3.8) is 0 Å². The molecule has 7 nitrogen and oxygen atoms in total. The van der Waals surface area contributed by atoms with E-state index < -0.39 is 21.4 Å². The number of ether oxygens (including phenoxy) is 1. The lowest BCUT2D eigenvalue weighted by Gasteiger charge is -2.10. The van der Waals surface area contributed by atoms with Crippen molar-refractivity contribution >= 4 is 44.0 Å². The lowest BCUT2D eigenvalue weighted by molar-refractivity contribution is 0.0528. The number of rotatable bonds is 5. The minimum atomic E-state index is -4.23. The van der Waals surface area contributed by atoms with E-state index in [0.29, 0.717) is 10.6 Å². The summed E-state index contributed by atoms with van der Waals surface area (Å²) in [5.41, 5.74) is -0.356. The number of hydrogen-bond acceptors (Lipinski definition) is 6. The largest absolute Gasteiger partial charge is 0.462 e. The van der Waals surface area contributed by atoms with Crippen LogP contribution in [-0.4, -0.2) is 25.4 Å². The fourth-order valence-electron chi connectivity index (χ4n) is 4.07. The molecule has 0 aliphatic carbocycles. The van der Waals surface area contributed by atoms with Gasteiger partial charge in [-0.1, -0.05) is 54.1 Å². The van der Waals surface area contributed by atoms with Gasteiger partial charge in [-0.15, -0.1) is 0 Å². The number of aromatic nitrogens is 1. The summed E-state index contributed by atoms with van der Waals surface area (Å²) in [6, 6.07) is 20.7. The maximum absolute atomic E-state index is 14.1. The summed E-state index contributed by atoms with van der Waals surface area (Å²) in [4.78, 5) is 26.1. The molecule has 0 fully saturated rings. The molecule has 5 aromatic rings. The molecule has 0 saturated heterocycles. The van der Waals surface area contributed by atoms with Gasteiger partial charge >= 0.3 is 11.6 Å². The maximum Gasteiger partial charge on any atom is 0.346 e. The lowest BCUT2D eigenvalue weighted by atomic mass is 10.0. The van der Waals surface area contributed by atoms with Gasteiger partial charge in [0, 0.05) is 10.6 Å². The number of hydrogen-bond donors (Lipinski definition) is 0. The molecule has 0 unspecified atom stereocenters. The Hall–Kier alpha value is -3.88. The molecule has 0 aliphatic heterocycles. The van der Waals surface area contributed by atoms with Crippen LogP contribution in [0.5, 0.6) is 0 Å². The molecule has 2 heterocycles. The van der Waals surface area contributed by atoms with Crippen molar-refractivity contribution in [2.75, 3.05) is 6.61 Å². The topological polar surface area (TPSA) is 95.1 Å². The van der Waals surface area contributed by atoms with Crippen LogP contribution in [0, 0.1) is 0 Å². The Morgan fingerprint density at radius 1 is 0.971 bits per heavy atom. The first-order valence-electron chi connectivity index (χ1n) is 10.7. The SMILES string of the molecule is CCOC(=O)c1c(-c2ccc(Cl)cc2)c(S(=O)(=O)c2ccccc2)n2c1oc(=O)c1ccccc12. The molecule has 0 N–H and O–H groups in total. The Morgan fingerprint density at radius 3 is 2.31 bits per heavy atom. The number of carbonyl (C=O) groups is 1. The van der Waals surface area contributed by atoms with Crippen molar-refractivity contribution < 1.29 is 22.4 Å². The predicted octanol–water partition coefficient (Wildman–Crippen LogP) is 5.38. The average Bonchev–Trinajstić information content (AvgIpc) is 3.21. The highest BCUT2D eigenvalue weighted by atomic mass is 35.5. The van der Waals surface area contributed by atoms with Gasteiger partial charge in [0.1, 0.15) is 5.56 Å². The quantitative estimate of drug-likeness (QED) is 0.296. The van der Waals surface area contributed by atoms with Crippen molar-refractivity contribution in [1.82, 2.24) is 4.40 Å². The van der Waals surface area contributed by atoms with Crippen molar-refractivity contribution in [3.05, 3.63) is 99.9 Å². The Labute approximate surface area is 205 Å². The smallest absolute Gasteiger partial charge is 0.346 e. The van der Waals surface area contributed by atoms with Gasteiger partial charge in [-0.05, 0) is 48.9 Å². The normalized spacial score (nSPS) is 11.7. The first-order valence-corrected chi connectivity index (χ1v) is 12.5. The summed E-state index contributed by atoms with van der Waals surface area (Å²) >= 11 is 6.08. The summed E-state index contributed by atoms with van der Waals surface area (Å²) in [6.45, 7) is 1.67. The van der Waals surface area contributed by atoms with Crippen LogP contribution in [0.1, 0.15) is 17.3 Å². The molecule has 35 heavy (non-hydrogen) atoms. The monoisotopic (exact) mass is 507 g/mol. The number of esters is 1. The first kappa shape index (κ1) is 22.9. The van der Waals surface area contributed by atoms with Crippen LogP contribution >= 0.6 is 11.6 Å². The minimum absolute atomic E-state index is 0.0142. The molecule has 0 atom stereocenters. The predicted molar refractivity (Wildman–Crippen MR) is 132 cm³/mol. The molecule has 3 aromatic carbocycles. The number of carbonyl (C=O) groups excluding carboxylic acids is 1. The Bertz CT molecular complexity index is 1750. The number of benzene rings is 3. The van der Waals surface area contributed by atoms with Crippen molar-refractivity contribution in [3.8, 4) is 11.1 Å². The molecule has 5 rings (SSSR count). The number of sulfone groups is 1. The molecule has 0 radical (unpaired) electrons. The number of nitrogens with zero attached hydrogens (tertiary/aromatic N) is 1. The molecule has 176 valence electrons. The standard InChI is InChI=1S/C26H18ClNO6S/c1-2-33-26(30)22-21(16-12-14-17(27)15-13-16)24(35(31,32)18-8-4-3-5-9-18)28-20-11-7-6-10-19(20)25(29)34-23(22)28/h3-15H,2H2,1H3. The third kappa shape index (κ3) is 3.71. The molecule has 0 bridgehead atoms. The number of fused-ring (bicyclic) bond motifs is 3. The zero-order valence-electron chi connectivity index (χ0n) is 18.4. The van der Waals surface area contributed by atoms with Crippen LogP contribution < -0.4 is 5.63 Å². The maximum atomic E-state index is 14.1. The van der Waals surface area contributed by atoms with Crippen molar-refractivity contribution in [2.45, 2.75) is 16.8 Å². The van der Waals surface area contributed by atoms with Crippen LogP contribution in [0.15, 0.2) is 98.0 Å². The highest BCUT2D eigenvalue weighted by Gasteiger charge is 2.36. The van der Waals surface area contributed by atoms with Gasteiger partial charge in [-0.3, -0.25) is 4.40 Å². The molecule has 2 aromatic heterocycles. The summed E-state index contributed by atoms with van der Waals surface area (Å²) in [6.07, 6.45) is 0. The zero-order valence-corrected chi connectivity index (χ0v) is 20.0. The Morgan fingerprint density at radius 2 is 1.63 bits per heavy atom. The number of halogens is 1. The number of para-hydroxylation sites is 1. The van der Waals surface area contributed by atoms with Gasteiger partial charge < -0.3 is 9.15 Å². The van der Waals surface area contributed by atoms with E-state index in [1.165, 1.54) is 22.6 Å². The third-order valence-corrected chi connectivity index (χ3v) is 7.60. The fourth-order valence-corrected chi connectivity index (χ4v) is 5.85. The molecule has 9 heteroatoms. The van der Waals surface area contributed by atoms with Crippen LogP contribution in [-0.2, 0) is 14.6 Å². The Kier molecular flexibility index (Phi) is 5.70. The van der Waals surface area contributed by atoms with Crippen LogP contribution in [0.25, 0.3) is 27.7 Å². The van der Waals surface area contributed by atoms with Crippen LogP contribution in [0.4, 0.5) is 0 Å².